The van der Waals surface area contributed by atoms with E-state index < -0.39 is 11.9 Å². The van der Waals surface area contributed by atoms with Gasteiger partial charge >= 0.3 is 6.18 Å². The van der Waals surface area contributed by atoms with E-state index >= 15 is 0 Å². The van der Waals surface area contributed by atoms with Crippen LogP contribution < -0.4 is 0 Å². The predicted molar refractivity (Wildman–Crippen MR) is 61.0 cm³/mol. The van der Waals surface area contributed by atoms with Crippen molar-refractivity contribution in [1.82, 2.24) is 4.98 Å². The minimum absolute atomic E-state index is 0.467. The molecule has 0 saturated heterocycles. The van der Waals surface area contributed by atoms with Crippen LogP contribution in [-0.4, -0.2) is 4.98 Å². The topological polar surface area (TPSA) is 15.8 Å². The summed E-state index contributed by atoms with van der Waals surface area (Å²) < 4.78 is 37.5. The van der Waals surface area contributed by atoms with Gasteiger partial charge in [-0.2, -0.15) is 13.2 Å². The zero-order valence-electron chi connectivity index (χ0n) is 8.90. The molecule has 5 heteroatoms. The minimum atomic E-state index is -4.35. The van der Waals surface area contributed by atoms with Crippen molar-refractivity contribution in [3.8, 4) is 11.3 Å². The summed E-state index contributed by atoms with van der Waals surface area (Å²) in [5, 5.41) is 0.550. The molecule has 0 fully saturated rings. The molecule has 2 aromatic rings. The van der Waals surface area contributed by atoms with Crippen molar-refractivity contribution in [2.75, 3.05) is 0 Å². The molecule has 0 radical (unpaired) electrons. The van der Waals surface area contributed by atoms with Gasteiger partial charge in [0.25, 0.3) is 0 Å². The standard InChI is InChI=1S/C12H9ClF3N/c1-7-6-10(12(14,15)16)17-11(7)8-2-4-9(13)5-3-8/h2-6,17H,1H3. The van der Waals surface area contributed by atoms with E-state index in [0.29, 0.717) is 21.8 Å². The molecule has 0 unspecified atom stereocenters. The number of aromatic nitrogens is 1. The maximum Gasteiger partial charge on any atom is 0.431 e. The third-order valence-corrected chi connectivity index (χ3v) is 2.71. The molecule has 2 rings (SSSR count). The fourth-order valence-corrected chi connectivity index (χ4v) is 1.75. The first-order valence-electron chi connectivity index (χ1n) is 4.90. The van der Waals surface area contributed by atoms with Crippen LogP contribution >= 0.6 is 11.6 Å². The van der Waals surface area contributed by atoms with E-state index in [-0.39, 0.29) is 0 Å². The van der Waals surface area contributed by atoms with Crippen LogP contribution in [0.25, 0.3) is 11.3 Å². The highest BCUT2D eigenvalue weighted by atomic mass is 35.5. The molecule has 1 heterocycles. The number of aryl methyl sites for hydroxylation is 1. The lowest BCUT2D eigenvalue weighted by Gasteiger charge is -2.03. The van der Waals surface area contributed by atoms with Gasteiger partial charge in [0, 0.05) is 10.7 Å². The van der Waals surface area contributed by atoms with Crippen LogP contribution in [0.2, 0.25) is 5.02 Å². The summed E-state index contributed by atoms with van der Waals surface area (Å²) in [6.07, 6.45) is -4.35. The van der Waals surface area contributed by atoms with Crippen LogP contribution in [0.3, 0.4) is 0 Å². The number of aromatic amines is 1. The van der Waals surface area contributed by atoms with Gasteiger partial charge in [0.2, 0.25) is 0 Å². The maximum absolute atomic E-state index is 12.5. The number of H-pyrrole nitrogens is 1. The smallest absolute Gasteiger partial charge is 0.351 e. The van der Waals surface area contributed by atoms with E-state index in [1.807, 2.05) is 0 Å². The largest absolute Gasteiger partial charge is 0.431 e. The second kappa shape index (κ2) is 4.11. The Labute approximate surface area is 101 Å². The Morgan fingerprint density at radius 3 is 2.18 bits per heavy atom. The molecule has 0 bridgehead atoms. The lowest BCUT2D eigenvalue weighted by molar-refractivity contribution is -0.140. The van der Waals surface area contributed by atoms with Gasteiger partial charge in [-0.25, -0.2) is 0 Å². The average Bonchev–Trinajstić information content (AvgIpc) is 2.61. The Bertz CT molecular complexity index is 526. The number of halogens is 4. The summed E-state index contributed by atoms with van der Waals surface area (Å²) in [5.41, 5.74) is 0.969. The van der Waals surface area contributed by atoms with Gasteiger partial charge in [-0.05, 0) is 36.2 Å². The Morgan fingerprint density at radius 1 is 1.12 bits per heavy atom. The molecule has 0 aliphatic heterocycles. The average molecular weight is 260 g/mol. The maximum atomic E-state index is 12.5. The lowest BCUT2D eigenvalue weighted by atomic mass is 10.1. The summed E-state index contributed by atoms with van der Waals surface area (Å²) >= 11 is 5.73. The molecule has 0 saturated carbocycles. The van der Waals surface area contributed by atoms with Gasteiger partial charge in [0.1, 0.15) is 5.69 Å². The fourth-order valence-electron chi connectivity index (χ4n) is 1.63. The highest BCUT2D eigenvalue weighted by Crippen LogP contribution is 2.33. The van der Waals surface area contributed by atoms with Crippen molar-refractivity contribution in [2.24, 2.45) is 0 Å². The Hall–Kier alpha value is -1.42. The monoisotopic (exact) mass is 259 g/mol. The Kier molecular flexibility index (Phi) is 2.91. The van der Waals surface area contributed by atoms with E-state index in [1.54, 1.807) is 31.2 Å². The first-order valence-corrected chi connectivity index (χ1v) is 5.28. The quantitative estimate of drug-likeness (QED) is 0.766. The molecule has 0 amide bonds. The zero-order chi connectivity index (χ0) is 12.6. The number of rotatable bonds is 1. The first kappa shape index (κ1) is 12.0. The van der Waals surface area contributed by atoms with Crippen molar-refractivity contribution in [3.05, 3.63) is 46.6 Å². The minimum Gasteiger partial charge on any atom is -0.351 e. The van der Waals surface area contributed by atoms with E-state index in [1.165, 1.54) is 0 Å². The van der Waals surface area contributed by atoms with Crippen molar-refractivity contribution >= 4 is 11.6 Å². The molecule has 1 aromatic heterocycles. The molecule has 90 valence electrons. The predicted octanol–water partition coefficient (Wildman–Crippen LogP) is 4.66. The van der Waals surface area contributed by atoms with E-state index in [2.05, 4.69) is 4.98 Å². The molecule has 0 aliphatic carbocycles. The van der Waals surface area contributed by atoms with Gasteiger partial charge < -0.3 is 4.98 Å². The summed E-state index contributed by atoms with van der Waals surface area (Å²) in [4.78, 5) is 2.39. The van der Waals surface area contributed by atoms with Crippen LogP contribution in [0.15, 0.2) is 30.3 Å². The molecule has 1 aromatic carbocycles. The Morgan fingerprint density at radius 2 is 1.71 bits per heavy atom. The van der Waals surface area contributed by atoms with Gasteiger partial charge in [-0.3, -0.25) is 0 Å². The van der Waals surface area contributed by atoms with Crippen LogP contribution in [0.5, 0.6) is 0 Å². The molecular weight excluding hydrogens is 251 g/mol. The third-order valence-electron chi connectivity index (χ3n) is 2.45. The van der Waals surface area contributed by atoms with Crippen LogP contribution in [0.4, 0.5) is 13.2 Å². The van der Waals surface area contributed by atoms with Crippen LogP contribution in [0.1, 0.15) is 11.3 Å². The van der Waals surface area contributed by atoms with Crippen molar-refractivity contribution in [3.63, 3.8) is 0 Å². The second-order valence-corrected chi connectivity index (χ2v) is 4.18. The summed E-state index contributed by atoms with van der Waals surface area (Å²) in [6, 6.07) is 7.75. The number of hydrogen-bond acceptors (Lipinski definition) is 0. The molecule has 1 N–H and O–H groups in total. The number of alkyl halides is 3. The van der Waals surface area contributed by atoms with E-state index in [9.17, 15) is 13.2 Å². The lowest BCUT2D eigenvalue weighted by Crippen LogP contribution is -2.04. The highest BCUT2D eigenvalue weighted by molar-refractivity contribution is 6.30. The van der Waals surface area contributed by atoms with Crippen molar-refractivity contribution in [1.29, 1.82) is 0 Å². The van der Waals surface area contributed by atoms with Gasteiger partial charge in [-0.1, -0.05) is 23.7 Å². The molecule has 0 aliphatic rings. The molecule has 0 spiro atoms. The van der Waals surface area contributed by atoms with Gasteiger partial charge in [-0.15, -0.1) is 0 Å². The fraction of sp³-hybridized carbons (Fsp3) is 0.167. The Balaban J connectivity index is 2.46. The normalized spacial score (nSPS) is 11.8. The molecular formula is C12H9ClF3N. The van der Waals surface area contributed by atoms with Crippen molar-refractivity contribution in [2.45, 2.75) is 13.1 Å². The highest BCUT2D eigenvalue weighted by Gasteiger charge is 2.33. The van der Waals surface area contributed by atoms with E-state index in [0.717, 1.165) is 6.07 Å². The summed E-state index contributed by atoms with van der Waals surface area (Å²) in [7, 11) is 0. The van der Waals surface area contributed by atoms with E-state index in [4.69, 9.17) is 11.6 Å². The zero-order valence-corrected chi connectivity index (χ0v) is 9.65. The number of nitrogens with one attached hydrogen (secondary N) is 1. The summed E-state index contributed by atoms with van der Waals surface area (Å²) in [5.74, 6) is 0. The van der Waals surface area contributed by atoms with Gasteiger partial charge in [0.15, 0.2) is 0 Å². The number of hydrogen-bond donors (Lipinski definition) is 1. The molecule has 17 heavy (non-hydrogen) atoms. The number of benzene rings is 1. The van der Waals surface area contributed by atoms with Crippen LogP contribution in [-0.2, 0) is 6.18 Å². The first-order chi connectivity index (χ1) is 7.88. The van der Waals surface area contributed by atoms with Gasteiger partial charge in [0.05, 0.1) is 0 Å². The molecule has 1 nitrogen and oxygen atoms in total. The SMILES string of the molecule is Cc1cc(C(F)(F)F)[nH]c1-c1ccc(Cl)cc1. The van der Waals surface area contributed by atoms with Crippen LogP contribution in [0, 0.1) is 6.92 Å². The third kappa shape index (κ3) is 2.47. The van der Waals surface area contributed by atoms with Crippen molar-refractivity contribution < 1.29 is 13.2 Å². The second-order valence-electron chi connectivity index (χ2n) is 3.75. The molecule has 0 atom stereocenters. The summed E-state index contributed by atoms with van der Waals surface area (Å²) in [6.45, 7) is 1.63.